The van der Waals surface area contributed by atoms with Crippen molar-refractivity contribution in [2.45, 2.75) is 25.9 Å². The first-order valence-electron chi connectivity index (χ1n) is 8.99. The number of hydrogen-bond acceptors (Lipinski definition) is 3. The standard InChI is InChI=1S/C23H23NO3/c24-21-13-14-22(27-16-18-5-2-1-3-6-18)20(15-21)8-4-7-17-9-11-19(12-10-17)23(25)26/h1-3,5-6,9-15H,4,7-8,16,24H2,(H,25,26). The number of ether oxygens (including phenoxy) is 1. The van der Waals surface area contributed by atoms with Gasteiger partial charge in [-0.3, -0.25) is 0 Å². The number of nitrogen functional groups attached to an aromatic ring is 1. The number of aryl methyl sites for hydroxylation is 2. The van der Waals surface area contributed by atoms with Crippen LogP contribution in [0.2, 0.25) is 0 Å². The van der Waals surface area contributed by atoms with Crippen LogP contribution in [-0.4, -0.2) is 11.1 Å². The number of anilines is 1. The van der Waals surface area contributed by atoms with Crippen LogP contribution in [0.25, 0.3) is 0 Å². The summed E-state index contributed by atoms with van der Waals surface area (Å²) in [5.74, 6) is -0.0456. The molecule has 0 saturated heterocycles. The van der Waals surface area contributed by atoms with Gasteiger partial charge in [0.2, 0.25) is 0 Å². The third-order valence-electron chi connectivity index (χ3n) is 4.43. The summed E-state index contributed by atoms with van der Waals surface area (Å²) in [6, 6.07) is 22.8. The fourth-order valence-corrected chi connectivity index (χ4v) is 2.97. The highest BCUT2D eigenvalue weighted by atomic mass is 16.5. The zero-order valence-electron chi connectivity index (χ0n) is 15.1. The van der Waals surface area contributed by atoms with Gasteiger partial charge in [-0.2, -0.15) is 0 Å². The molecule has 27 heavy (non-hydrogen) atoms. The van der Waals surface area contributed by atoms with E-state index in [0.29, 0.717) is 12.2 Å². The molecule has 4 nitrogen and oxygen atoms in total. The molecule has 138 valence electrons. The maximum Gasteiger partial charge on any atom is 0.335 e. The molecule has 0 amide bonds. The number of carboxylic acids is 1. The molecular formula is C23H23NO3. The molecule has 0 saturated carbocycles. The first-order valence-corrected chi connectivity index (χ1v) is 8.99. The summed E-state index contributed by atoms with van der Waals surface area (Å²) in [4.78, 5) is 10.9. The lowest BCUT2D eigenvalue weighted by molar-refractivity contribution is 0.0697. The lowest BCUT2D eigenvalue weighted by Crippen LogP contribution is -2.01. The maximum absolute atomic E-state index is 10.9. The lowest BCUT2D eigenvalue weighted by atomic mass is 10.0. The molecule has 3 N–H and O–H groups in total. The van der Waals surface area contributed by atoms with Gasteiger partial charge < -0.3 is 15.6 Å². The zero-order chi connectivity index (χ0) is 19.1. The summed E-state index contributed by atoms with van der Waals surface area (Å²) in [7, 11) is 0. The average Bonchev–Trinajstić information content (AvgIpc) is 2.68. The maximum atomic E-state index is 10.9. The number of benzene rings is 3. The van der Waals surface area contributed by atoms with Gasteiger partial charge in [-0.15, -0.1) is 0 Å². The topological polar surface area (TPSA) is 72.5 Å². The van der Waals surface area contributed by atoms with Crippen molar-refractivity contribution in [2.24, 2.45) is 0 Å². The van der Waals surface area contributed by atoms with Crippen LogP contribution in [-0.2, 0) is 19.4 Å². The second-order valence-electron chi connectivity index (χ2n) is 6.50. The molecule has 0 heterocycles. The van der Waals surface area contributed by atoms with Gasteiger partial charge >= 0.3 is 5.97 Å². The molecule has 0 fully saturated rings. The fraction of sp³-hybridized carbons (Fsp3) is 0.174. The minimum atomic E-state index is -0.901. The Morgan fingerprint density at radius 1 is 0.889 bits per heavy atom. The molecule has 4 heteroatoms. The quantitative estimate of drug-likeness (QED) is 0.569. The molecule has 3 aromatic carbocycles. The van der Waals surface area contributed by atoms with Crippen LogP contribution in [0.4, 0.5) is 5.69 Å². The van der Waals surface area contributed by atoms with Crippen molar-refractivity contribution in [3.8, 4) is 5.75 Å². The minimum absolute atomic E-state index is 0.311. The molecule has 0 aliphatic rings. The third-order valence-corrected chi connectivity index (χ3v) is 4.43. The third kappa shape index (κ3) is 5.35. The molecular weight excluding hydrogens is 338 g/mol. The van der Waals surface area contributed by atoms with Crippen molar-refractivity contribution in [3.05, 3.63) is 95.1 Å². The SMILES string of the molecule is Nc1ccc(OCc2ccccc2)c(CCCc2ccc(C(=O)O)cc2)c1. The summed E-state index contributed by atoms with van der Waals surface area (Å²) in [6.07, 6.45) is 2.64. The van der Waals surface area contributed by atoms with Gasteiger partial charge in [0.15, 0.2) is 0 Å². The molecule has 0 bridgehead atoms. The Bertz CT molecular complexity index is 889. The molecule has 0 aliphatic heterocycles. The highest BCUT2D eigenvalue weighted by Crippen LogP contribution is 2.24. The van der Waals surface area contributed by atoms with Gasteiger partial charge in [0.25, 0.3) is 0 Å². The van der Waals surface area contributed by atoms with Crippen molar-refractivity contribution in [1.82, 2.24) is 0 Å². The highest BCUT2D eigenvalue weighted by molar-refractivity contribution is 5.87. The van der Waals surface area contributed by atoms with Crippen molar-refractivity contribution >= 4 is 11.7 Å². The van der Waals surface area contributed by atoms with Crippen molar-refractivity contribution in [1.29, 1.82) is 0 Å². The van der Waals surface area contributed by atoms with Crippen LogP contribution >= 0.6 is 0 Å². The number of hydrogen-bond donors (Lipinski definition) is 2. The van der Waals surface area contributed by atoms with E-state index in [0.717, 1.165) is 47.4 Å². The van der Waals surface area contributed by atoms with Crippen LogP contribution in [0, 0.1) is 0 Å². The van der Waals surface area contributed by atoms with E-state index in [1.807, 2.05) is 60.7 Å². The molecule has 0 spiro atoms. The first-order chi connectivity index (χ1) is 13.1. The largest absolute Gasteiger partial charge is 0.489 e. The van der Waals surface area contributed by atoms with Crippen molar-refractivity contribution < 1.29 is 14.6 Å². The Kier molecular flexibility index (Phi) is 6.10. The van der Waals surface area contributed by atoms with E-state index >= 15 is 0 Å². The molecule has 0 aliphatic carbocycles. The van der Waals surface area contributed by atoms with E-state index in [9.17, 15) is 4.79 Å². The van der Waals surface area contributed by atoms with E-state index < -0.39 is 5.97 Å². The van der Waals surface area contributed by atoms with Gasteiger partial charge in [-0.1, -0.05) is 42.5 Å². The van der Waals surface area contributed by atoms with E-state index in [4.69, 9.17) is 15.6 Å². The van der Waals surface area contributed by atoms with Crippen LogP contribution in [0.5, 0.6) is 5.75 Å². The van der Waals surface area contributed by atoms with Gasteiger partial charge in [0.05, 0.1) is 5.56 Å². The smallest absolute Gasteiger partial charge is 0.335 e. The van der Waals surface area contributed by atoms with Crippen molar-refractivity contribution in [3.63, 3.8) is 0 Å². The fourth-order valence-electron chi connectivity index (χ4n) is 2.97. The van der Waals surface area contributed by atoms with Crippen LogP contribution in [0.3, 0.4) is 0 Å². The normalized spacial score (nSPS) is 10.5. The van der Waals surface area contributed by atoms with E-state index in [1.165, 1.54) is 0 Å². The molecule has 0 atom stereocenters. The Labute approximate surface area is 159 Å². The highest BCUT2D eigenvalue weighted by Gasteiger charge is 2.07. The number of carbonyl (C=O) groups is 1. The minimum Gasteiger partial charge on any atom is -0.489 e. The predicted molar refractivity (Wildman–Crippen MR) is 107 cm³/mol. The Morgan fingerprint density at radius 3 is 2.33 bits per heavy atom. The molecule has 3 rings (SSSR count). The number of nitrogens with two attached hydrogens (primary N) is 1. The van der Waals surface area contributed by atoms with Crippen LogP contribution in [0.15, 0.2) is 72.8 Å². The second kappa shape index (κ2) is 8.90. The Balaban J connectivity index is 1.60. The van der Waals surface area contributed by atoms with Crippen LogP contribution in [0.1, 0.15) is 33.5 Å². The van der Waals surface area contributed by atoms with Gasteiger partial charge in [0, 0.05) is 5.69 Å². The lowest BCUT2D eigenvalue weighted by Gasteiger charge is -2.13. The summed E-state index contributed by atoms with van der Waals surface area (Å²) < 4.78 is 6.00. The Hall–Kier alpha value is -3.27. The monoisotopic (exact) mass is 361 g/mol. The summed E-state index contributed by atoms with van der Waals surface area (Å²) in [5.41, 5.74) is 10.3. The number of aromatic carboxylic acids is 1. The average molecular weight is 361 g/mol. The molecule has 0 aromatic heterocycles. The van der Waals surface area contributed by atoms with Crippen LogP contribution < -0.4 is 10.5 Å². The summed E-state index contributed by atoms with van der Waals surface area (Å²) >= 11 is 0. The number of carboxylic acid groups (broad SMARTS) is 1. The predicted octanol–water partition coefficient (Wildman–Crippen LogP) is 4.72. The molecule has 0 unspecified atom stereocenters. The zero-order valence-corrected chi connectivity index (χ0v) is 15.1. The molecule has 0 radical (unpaired) electrons. The van der Waals surface area contributed by atoms with E-state index in [-0.39, 0.29) is 0 Å². The van der Waals surface area contributed by atoms with Crippen molar-refractivity contribution in [2.75, 3.05) is 5.73 Å². The first kappa shape index (κ1) is 18.5. The summed E-state index contributed by atoms with van der Waals surface area (Å²) in [6.45, 7) is 0.522. The molecule has 3 aromatic rings. The van der Waals surface area contributed by atoms with Gasteiger partial charge in [-0.05, 0) is 66.3 Å². The second-order valence-corrected chi connectivity index (χ2v) is 6.50. The van der Waals surface area contributed by atoms with Gasteiger partial charge in [-0.25, -0.2) is 4.79 Å². The van der Waals surface area contributed by atoms with Gasteiger partial charge in [0.1, 0.15) is 12.4 Å². The van der Waals surface area contributed by atoms with E-state index in [2.05, 4.69) is 0 Å². The number of rotatable bonds is 8. The summed E-state index contributed by atoms with van der Waals surface area (Å²) in [5, 5.41) is 8.96. The Morgan fingerprint density at radius 2 is 1.63 bits per heavy atom. The van der Waals surface area contributed by atoms with E-state index in [1.54, 1.807) is 12.1 Å².